The molecule has 0 amide bonds. The normalized spacial score (nSPS) is 13.5. The zero-order valence-electron chi connectivity index (χ0n) is 10.3. The molecule has 0 saturated carbocycles. The summed E-state index contributed by atoms with van der Waals surface area (Å²) in [7, 11) is 2.15. The number of benzene rings is 2. The van der Waals surface area contributed by atoms with Crippen LogP contribution >= 0.6 is 0 Å². The van der Waals surface area contributed by atoms with Crippen LogP contribution in [0.4, 0.5) is 11.4 Å². The standard InChI is InChI=1S/C16H14N2/c1-18-15-9-5-2-6-11(15)10-14-16(18)12-7-3-4-8-13(12)17-14/h2-9,17H,10H2,1H3. The Balaban J connectivity index is 2.03. The third-order valence-electron chi connectivity index (χ3n) is 3.81. The van der Waals surface area contributed by atoms with Gasteiger partial charge in [0.2, 0.25) is 0 Å². The molecule has 4 rings (SSSR count). The molecular formula is C16H14N2. The minimum Gasteiger partial charge on any atom is -0.356 e. The molecule has 0 bridgehead atoms. The summed E-state index contributed by atoms with van der Waals surface area (Å²) in [6.07, 6.45) is 0.991. The van der Waals surface area contributed by atoms with E-state index in [2.05, 4.69) is 65.5 Å². The maximum atomic E-state index is 3.55. The van der Waals surface area contributed by atoms with Crippen molar-refractivity contribution in [3.8, 4) is 0 Å². The van der Waals surface area contributed by atoms with Gasteiger partial charge in [-0.2, -0.15) is 0 Å². The minimum absolute atomic E-state index is 0.991. The van der Waals surface area contributed by atoms with Gasteiger partial charge in [-0.25, -0.2) is 0 Å². The van der Waals surface area contributed by atoms with E-state index in [1.54, 1.807) is 0 Å². The average Bonchev–Trinajstić information content (AvgIpc) is 2.77. The summed E-state index contributed by atoms with van der Waals surface area (Å²) in [5.74, 6) is 0. The molecule has 0 spiro atoms. The molecule has 1 aromatic heterocycles. The maximum absolute atomic E-state index is 3.55. The Kier molecular flexibility index (Phi) is 1.84. The summed E-state index contributed by atoms with van der Waals surface area (Å²) in [5, 5.41) is 1.31. The lowest BCUT2D eigenvalue weighted by Gasteiger charge is -2.28. The summed E-state index contributed by atoms with van der Waals surface area (Å²) in [4.78, 5) is 5.84. The number of hydrogen-bond acceptors (Lipinski definition) is 1. The van der Waals surface area contributed by atoms with Gasteiger partial charge in [0.05, 0.1) is 5.69 Å². The van der Waals surface area contributed by atoms with Crippen LogP contribution in [-0.2, 0) is 6.42 Å². The second-order valence-electron chi connectivity index (χ2n) is 4.86. The topological polar surface area (TPSA) is 19.0 Å². The number of aromatic nitrogens is 1. The number of H-pyrrole nitrogens is 1. The number of anilines is 2. The van der Waals surface area contributed by atoms with Gasteiger partial charge in [-0.15, -0.1) is 0 Å². The molecular weight excluding hydrogens is 220 g/mol. The number of aromatic amines is 1. The highest BCUT2D eigenvalue weighted by Gasteiger charge is 2.23. The minimum atomic E-state index is 0.991. The second-order valence-corrected chi connectivity index (χ2v) is 4.86. The fourth-order valence-electron chi connectivity index (χ4n) is 2.99. The fraction of sp³-hybridized carbons (Fsp3) is 0.125. The molecule has 3 aromatic rings. The van der Waals surface area contributed by atoms with Gasteiger partial charge in [0.15, 0.2) is 0 Å². The van der Waals surface area contributed by atoms with Crippen LogP contribution in [0.5, 0.6) is 0 Å². The number of rotatable bonds is 0. The SMILES string of the molecule is CN1c2ccccc2Cc2[nH]c3ccccc3c21. The van der Waals surface area contributed by atoms with E-state index >= 15 is 0 Å². The van der Waals surface area contributed by atoms with Crippen molar-refractivity contribution < 1.29 is 0 Å². The van der Waals surface area contributed by atoms with Crippen LogP contribution in [0.25, 0.3) is 10.9 Å². The third-order valence-corrected chi connectivity index (χ3v) is 3.81. The van der Waals surface area contributed by atoms with Crippen molar-refractivity contribution in [1.82, 2.24) is 4.98 Å². The highest BCUT2D eigenvalue weighted by Crippen LogP contribution is 2.41. The van der Waals surface area contributed by atoms with Crippen LogP contribution in [0.3, 0.4) is 0 Å². The fourth-order valence-corrected chi connectivity index (χ4v) is 2.99. The average molecular weight is 234 g/mol. The molecule has 0 aliphatic carbocycles. The highest BCUT2D eigenvalue weighted by molar-refractivity contribution is 5.98. The number of nitrogens with one attached hydrogen (secondary N) is 1. The summed E-state index contributed by atoms with van der Waals surface area (Å²) < 4.78 is 0. The molecule has 1 N–H and O–H groups in total. The molecule has 0 atom stereocenters. The van der Waals surface area contributed by atoms with Gasteiger partial charge in [-0.05, 0) is 17.7 Å². The number of fused-ring (bicyclic) bond motifs is 4. The summed E-state index contributed by atoms with van der Waals surface area (Å²) in [6.45, 7) is 0. The molecule has 2 heterocycles. The molecule has 2 heteroatoms. The van der Waals surface area contributed by atoms with E-state index in [9.17, 15) is 0 Å². The first kappa shape index (κ1) is 9.77. The van der Waals surface area contributed by atoms with E-state index in [0.717, 1.165) is 6.42 Å². The van der Waals surface area contributed by atoms with Crippen LogP contribution < -0.4 is 4.90 Å². The Hall–Kier alpha value is -2.22. The molecule has 0 saturated heterocycles. The number of nitrogens with zero attached hydrogens (tertiary/aromatic N) is 1. The maximum Gasteiger partial charge on any atom is 0.0702 e. The van der Waals surface area contributed by atoms with E-state index in [1.165, 1.54) is 33.5 Å². The molecule has 2 nitrogen and oxygen atoms in total. The summed E-state index contributed by atoms with van der Waals surface area (Å²) in [6, 6.07) is 17.1. The molecule has 88 valence electrons. The molecule has 1 aliphatic rings. The molecule has 2 aromatic carbocycles. The predicted octanol–water partition coefficient (Wildman–Crippen LogP) is 3.84. The van der Waals surface area contributed by atoms with Crippen molar-refractivity contribution in [2.75, 3.05) is 11.9 Å². The molecule has 0 radical (unpaired) electrons. The zero-order chi connectivity index (χ0) is 12.1. The van der Waals surface area contributed by atoms with E-state index in [-0.39, 0.29) is 0 Å². The van der Waals surface area contributed by atoms with Gasteiger partial charge in [0, 0.05) is 35.8 Å². The second kappa shape index (κ2) is 3.39. The van der Waals surface area contributed by atoms with Crippen molar-refractivity contribution in [3.05, 3.63) is 59.8 Å². The van der Waals surface area contributed by atoms with Crippen molar-refractivity contribution in [1.29, 1.82) is 0 Å². The van der Waals surface area contributed by atoms with Crippen LogP contribution in [0.1, 0.15) is 11.3 Å². The molecule has 0 unspecified atom stereocenters. The smallest absolute Gasteiger partial charge is 0.0702 e. The molecule has 1 aliphatic heterocycles. The number of hydrogen-bond donors (Lipinski definition) is 1. The van der Waals surface area contributed by atoms with Crippen molar-refractivity contribution in [2.24, 2.45) is 0 Å². The van der Waals surface area contributed by atoms with Gasteiger partial charge in [-0.3, -0.25) is 0 Å². The third kappa shape index (κ3) is 1.17. The largest absolute Gasteiger partial charge is 0.356 e. The Morgan fingerprint density at radius 3 is 2.72 bits per heavy atom. The Morgan fingerprint density at radius 1 is 1.00 bits per heavy atom. The molecule has 0 fully saturated rings. The van der Waals surface area contributed by atoms with Gasteiger partial charge < -0.3 is 9.88 Å². The first-order valence-electron chi connectivity index (χ1n) is 6.26. The van der Waals surface area contributed by atoms with Crippen LogP contribution in [0.15, 0.2) is 48.5 Å². The monoisotopic (exact) mass is 234 g/mol. The van der Waals surface area contributed by atoms with E-state index in [0.29, 0.717) is 0 Å². The lowest BCUT2D eigenvalue weighted by molar-refractivity contribution is 1.03. The van der Waals surface area contributed by atoms with Crippen LogP contribution in [0.2, 0.25) is 0 Å². The predicted molar refractivity (Wildman–Crippen MR) is 75.6 cm³/mol. The van der Waals surface area contributed by atoms with Crippen molar-refractivity contribution in [3.63, 3.8) is 0 Å². The zero-order valence-corrected chi connectivity index (χ0v) is 10.3. The van der Waals surface area contributed by atoms with Gasteiger partial charge in [-0.1, -0.05) is 36.4 Å². The van der Waals surface area contributed by atoms with Crippen LogP contribution in [0, 0.1) is 0 Å². The van der Waals surface area contributed by atoms with Crippen LogP contribution in [-0.4, -0.2) is 12.0 Å². The van der Waals surface area contributed by atoms with E-state index < -0.39 is 0 Å². The first-order valence-corrected chi connectivity index (χ1v) is 6.26. The summed E-state index contributed by atoms with van der Waals surface area (Å²) >= 11 is 0. The quantitative estimate of drug-likeness (QED) is 0.626. The highest BCUT2D eigenvalue weighted by atomic mass is 15.1. The molecule has 18 heavy (non-hydrogen) atoms. The number of para-hydroxylation sites is 2. The first-order chi connectivity index (χ1) is 8.84. The van der Waals surface area contributed by atoms with Gasteiger partial charge >= 0.3 is 0 Å². The van der Waals surface area contributed by atoms with Crippen molar-refractivity contribution >= 4 is 22.3 Å². The van der Waals surface area contributed by atoms with E-state index in [4.69, 9.17) is 0 Å². The Labute approximate surface area is 106 Å². The lowest BCUT2D eigenvalue weighted by atomic mass is 10.0. The Bertz CT molecular complexity index is 740. The van der Waals surface area contributed by atoms with Gasteiger partial charge in [0.1, 0.15) is 0 Å². The summed E-state index contributed by atoms with van der Waals surface area (Å²) in [5.41, 5.74) is 6.57. The van der Waals surface area contributed by atoms with Crippen molar-refractivity contribution in [2.45, 2.75) is 6.42 Å². The lowest BCUT2D eigenvalue weighted by Crippen LogP contribution is -2.17. The Morgan fingerprint density at radius 2 is 1.78 bits per heavy atom. The van der Waals surface area contributed by atoms with E-state index in [1.807, 2.05) is 0 Å². The van der Waals surface area contributed by atoms with Gasteiger partial charge in [0.25, 0.3) is 0 Å².